The lowest BCUT2D eigenvalue weighted by Gasteiger charge is -2.24. The molecule has 0 amide bonds. The van der Waals surface area contributed by atoms with E-state index in [0.717, 1.165) is 5.57 Å². The molecule has 1 rings (SSSR count). The van der Waals surface area contributed by atoms with E-state index in [-0.39, 0.29) is 19.8 Å². The maximum absolute atomic E-state index is 10.2. The molecule has 0 aromatic heterocycles. The fourth-order valence-electron chi connectivity index (χ4n) is 1.28. The standard InChI is InChI=1S/C7H6O2.C6H14O3.C6H10O2/c8-7(9)6-4-2-1-3-5-6;1-2-6(3-7,4-8)5-9;1-4(2)5(3)6(7)8/h1-5H,(H,8,9);7-9H,2-5H2,1H3;1-3H3,(H,7,8). The first-order chi connectivity index (χ1) is 12.1. The molecule has 0 heterocycles. The van der Waals surface area contributed by atoms with Crippen molar-refractivity contribution in [2.45, 2.75) is 34.1 Å². The van der Waals surface area contributed by atoms with Crippen molar-refractivity contribution < 1.29 is 35.1 Å². The SMILES string of the molecule is CC(C)=C(C)C(=O)O.CCC(CO)(CO)CO.O=C(O)c1ccccc1. The molecule has 148 valence electrons. The van der Waals surface area contributed by atoms with Gasteiger partial charge in [0.25, 0.3) is 0 Å². The molecule has 7 nitrogen and oxygen atoms in total. The number of carboxylic acids is 2. The number of aliphatic hydroxyl groups excluding tert-OH is 3. The van der Waals surface area contributed by atoms with Gasteiger partial charge in [-0.25, -0.2) is 9.59 Å². The van der Waals surface area contributed by atoms with Crippen molar-refractivity contribution in [1.29, 1.82) is 0 Å². The van der Waals surface area contributed by atoms with Crippen LogP contribution in [0.3, 0.4) is 0 Å². The van der Waals surface area contributed by atoms with Gasteiger partial charge in [0.2, 0.25) is 0 Å². The van der Waals surface area contributed by atoms with Gasteiger partial charge in [-0.1, -0.05) is 30.7 Å². The Balaban J connectivity index is 0. The van der Waals surface area contributed by atoms with Crippen molar-refractivity contribution in [2.75, 3.05) is 19.8 Å². The van der Waals surface area contributed by atoms with Crippen molar-refractivity contribution >= 4 is 11.9 Å². The van der Waals surface area contributed by atoms with Crippen LogP contribution in [-0.4, -0.2) is 57.3 Å². The first-order valence-electron chi connectivity index (χ1n) is 8.09. The number of hydrogen-bond donors (Lipinski definition) is 5. The summed E-state index contributed by atoms with van der Waals surface area (Å²) >= 11 is 0. The van der Waals surface area contributed by atoms with Crippen LogP contribution in [0, 0.1) is 5.41 Å². The van der Waals surface area contributed by atoms with Gasteiger partial charge in [0.15, 0.2) is 0 Å². The van der Waals surface area contributed by atoms with Crippen LogP contribution >= 0.6 is 0 Å². The van der Waals surface area contributed by atoms with Crippen molar-refractivity contribution in [1.82, 2.24) is 0 Å². The number of carboxylic acid groups (broad SMARTS) is 2. The maximum atomic E-state index is 10.2. The van der Waals surface area contributed by atoms with Gasteiger partial charge in [-0.05, 0) is 39.3 Å². The molecular weight excluding hydrogens is 340 g/mol. The fourth-order valence-corrected chi connectivity index (χ4v) is 1.28. The van der Waals surface area contributed by atoms with Gasteiger partial charge in [-0.2, -0.15) is 0 Å². The van der Waals surface area contributed by atoms with Crippen molar-refractivity contribution in [3.8, 4) is 0 Å². The molecule has 0 atom stereocenters. The smallest absolute Gasteiger partial charge is 0.335 e. The highest BCUT2D eigenvalue weighted by molar-refractivity contribution is 5.87. The number of benzene rings is 1. The summed E-state index contributed by atoms with van der Waals surface area (Å²) in [5, 5.41) is 42.6. The molecule has 0 fully saturated rings. The van der Waals surface area contributed by atoms with Gasteiger partial charge >= 0.3 is 11.9 Å². The molecule has 0 unspecified atom stereocenters. The molecule has 5 N–H and O–H groups in total. The lowest BCUT2D eigenvalue weighted by molar-refractivity contribution is -0.132. The molecule has 0 aliphatic heterocycles. The van der Waals surface area contributed by atoms with Crippen molar-refractivity contribution in [2.24, 2.45) is 5.41 Å². The second kappa shape index (κ2) is 14.0. The van der Waals surface area contributed by atoms with Gasteiger partial charge in [-0.3, -0.25) is 0 Å². The minimum Gasteiger partial charge on any atom is -0.478 e. The van der Waals surface area contributed by atoms with E-state index < -0.39 is 17.4 Å². The fraction of sp³-hybridized carbons (Fsp3) is 0.474. The average molecular weight is 370 g/mol. The molecule has 26 heavy (non-hydrogen) atoms. The molecular formula is C19H30O7. The maximum Gasteiger partial charge on any atom is 0.335 e. The Kier molecular flexibility index (Phi) is 14.0. The summed E-state index contributed by atoms with van der Waals surface area (Å²) < 4.78 is 0. The third-order valence-electron chi connectivity index (χ3n) is 3.85. The number of aliphatic hydroxyl groups is 3. The Morgan fingerprint density at radius 3 is 1.42 bits per heavy atom. The van der Waals surface area contributed by atoms with E-state index in [1.807, 2.05) is 6.92 Å². The van der Waals surface area contributed by atoms with Crippen LogP contribution in [-0.2, 0) is 4.79 Å². The number of rotatable bonds is 6. The molecule has 0 aliphatic carbocycles. The largest absolute Gasteiger partial charge is 0.478 e. The van der Waals surface area contributed by atoms with Gasteiger partial charge in [0.1, 0.15) is 0 Å². The zero-order valence-corrected chi connectivity index (χ0v) is 15.8. The quantitative estimate of drug-likeness (QED) is 0.484. The minimum absolute atomic E-state index is 0.156. The molecule has 1 aromatic rings. The Morgan fingerprint density at radius 1 is 0.885 bits per heavy atom. The van der Waals surface area contributed by atoms with Crippen molar-refractivity contribution in [3.05, 3.63) is 47.0 Å². The monoisotopic (exact) mass is 370 g/mol. The predicted molar refractivity (Wildman–Crippen MR) is 99.1 cm³/mol. The van der Waals surface area contributed by atoms with E-state index in [0.29, 0.717) is 17.6 Å². The Bertz CT molecular complexity index is 539. The molecule has 1 aromatic carbocycles. The van der Waals surface area contributed by atoms with E-state index in [2.05, 4.69) is 0 Å². The summed E-state index contributed by atoms with van der Waals surface area (Å²) in [7, 11) is 0. The summed E-state index contributed by atoms with van der Waals surface area (Å²) in [4.78, 5) is 20.3. The number of allylic oxidation sites excluding steroid dienone is 1. The number of hydrogen-bond acceptors (Lipinski definition) is 5. The lowest BCUT2D eigenvalue weighted by atomic mass is 9.88. The zero-order valence-electron chi connectivity index (χ0n) is 15.8. The molecule has 0 bridgehead atoms. The van der Waals surface area contributed by atoms with E-state index in [1.165, 1.54) is 0 Å². The van der Waals surface area contributed by atoms with E-state index >= 15 is 0 Å². The molecule has 0 saturated carbocycles. The van der Waals surface area contributed by atoms with E-state index in [9.17, 15) is 9.59 Å². The van der Waals surface area contributed by atoms with Crippen LogP contribution in [0.15, 0.2) is 41.5 Å². The second-order valence-corrected chi connectivity index (χ2v) is 5.93. The van der Waals surface area contributed by atoms with E-state index in [4.69, 9.17) is 25.5 Å². The summed E-state index contributed by atoms with van der Waals surface area (Å²) in [5.74, 6) is -1.71. The van der Waals surface area contributed by atoms with Gasteiger partial charge in [0.05, 0.1) is 25.4 Å². The normalized spacial score (nSPS) is 9.81. The first-order valence-corrected chi connectivity index (χ1v) is 8.09. The van der Waals surface area contributed by atoms with Crippen LogP contribution in [0.25, 0.3) is 0 Å². The summed E-state index contributed by atoms with van der Waals surface area (Å²) in [5.41, 5.74) is 0.958. The van der Waals surface area contributed by atoms with Crippen LogP contribution in [0.1, 0.15) is 44.5 Å². The molecule has 0 radical (unpaired) electrons. The highest BCUT2D eigenvalue weighted by Gasteiger charge is 2.24. The van der Waals surface area contributed by atoms with Gasteiger partial charge in [-0.15, -0.1) is 0 Å². The number of carbonyl (C=O) groups is 2. The topological polar surface area (TPSA) is 135 Å². The molecule has 0 spiro atoms. The molecule has 0 saturated heterocycles. The Morgan fingerprint density at radius 2 is 1.31 bits per heavy atom. The van der Waals surface area contributed by atoms with Crippen LogP contribution in [0.2, 0.25) is 0 Å². The summed E-state index contributed by atoms with van der Waals surface area (Å²) in [6, 6.07) is 8.30. The number of aromatic carboxylic acids is 1. The molecule has 0 aliphatic rings. The predicted octanol–water partition coefficient (Wildman–Crippen LogP) is 2.17. The molecule has 7 heteroatoms. The number of aliphatic carboxylic acids is 1. The van der Waals surface area contributed by atoms with Crippen LogP contribution in [0.5, 0.6) is 0 Å². The lowest BCUT2D eigenvalue weighted by Crippen LogP contribution is -2.32. The van der Waals surface area contributed by atoms with E-state index in [1.54, 1.807) is 51.1 Å². The Labute approximate surface area is 154 Å². The Hall–Kier alpha value is -2.22. The second-order valence-electron chi connectivity index (χ2n) is 5.93. The average Bonchev–Trinajstić information content (AvgIpc) is 2.65. The summed E-state index contributed by atoms with van der Waals surface area (Å²) in [6.07, 6.45) is 0.594. The first kappa shape index (κ1) is 26.0. The van der Waals surface area contributed by atoms with Crippen LogP contribution < -0.4 is 0 Å². The third kappa shape index (κ3) is 10.6. The van der Waals surface area contributed by atoms with Crippen LogP contribution in [0.4, 0.5) is 0 Å². The van der Waals surface area contributed by atoms with Gasteiger partial charge < -0.3 is 25.5 Å². The van der Waals surface area contributed by atoms with Gasteiger partial charge in [0, 0.05) is 11.0 Å². The minimum atomic E-state index is -0.879. The zero-order chi connectivity index (χ0) is 20.8. The van der Waals surface area contributed by atoms with Crippen molar-refractivity contribution in [3.63, 3.8) is 0 Å². The highest BCUT2D eigenvalue weighted by atomic mass is 16.4. The third-order valence-corrected chi connectivity index (χ3v) is 3.85. The highest BCUT2D eigenvalue weighted by Crippen LogP contribution is 2.18. The summed E-state index contributed by atoms with van der Waals surface area (Å²) in [6.45, 7) is 6.51.